The highest BCUT2D eigenvalue weighted by Gasteiger charge is 2.31. The van der Waals surface area contributed by atoms with Crippen molar-refractivity contribution >= 4 is 28.6 Å². The van der Waals surface area contributed by atoms with E-state index in [0.29, 0.717) is 0 Å². The lowest BCUT2D eigenvalue weighted by Gasteiger charge is -2.19. The maximum atomic E-state index is 11.3. The lowest BCUT2D eigenvalue weighted by atomic mass is 9.92. The maximum Gasteiger partial charge on any atom is 0.316 e. The van der Waals surface area contributed by atoms with Crippen LogP contribution >= 0.6 is 22.7 Å². The molecule has 122 valence electrons. The average Bonchev–Trinajstić information content (AvgIpc) is 3.19. The van der Waals surface area contributed by atoms with Gasteiger partial charge in [0, 0.05) is 15.2 Å². The maximum absolute atomic E-state index is 11.3. The molecule has 5 heteroatoms. The molecule has 0 amide bonds. The molecule has 0 fully saturated rings. The average molecular weight is 341 g/mol. The predicted octanol–water partition coefficient (Wildman–Crippen LogP) is 4.22. The Hall–Kier alpha value is -1.17. The van der Waals surface area contributed by atoms with Gasteiger partial charge in [0.2, 0.25) is 0 Å². The van der Waals surface area contributed by atoms with E-state index in [4.69, 9.17) is 9.84 Å². The molecule has 1 N–H and O–H groups in total. The van der Waals surface area contributed by atoms with Gasteiger partial charge >= 0.3 is 5.97 Å². The summed E-state index contributed by atoms with van der Waals surface area (Å²) < 4.78 is 4.71. The summed E-state index contributed by atoms with van der Waals surface area (Å²) in [4.78, 5) is 13.6. The molecule has 0 aliphatic rings. The number of thiophene rings is 2. The molecular formula is C17H24O3S2. The first-order valence-electron chi connectivity index (χ1n) is 7.03. The largest absolute Gasteiger partial charge is 0.468 e. The highest BCUT2D eigenvalue weighted by atomic mass is 32.1. The van der Waals surface area contributed by atoms with Gasteiger partial charge in [-0.15, -0.1) is 22.7 Å². The van der Waals surface area contributed by atoms with Crippen molar-refractivity contribution in [3.63, 3.8) is 0 Å². The third kappa shape index (κ3) is 4.66. The fourth-order valence-corrected chi connectivity index (χ4v) is 3.41. The van der Waals surface area contributed by atoms with Crippen molar-refractivity contribution in [1.82, 2.24) is 0 Å². The molecule has 0 saturated carbocycles. The van der Waals surface area contributed by atoms with E-state index in [1.807, 2.05) is 56.7 Å². The minimum absolute atomic E-state index is 0.0613. The Morgan fingerprint density at radius 2 is 1.59 bits per heavy atom. The minimum Gasteiger partial charge on any atom is -0.468 e. The summed E-state index contributed by atoms with van der Waals surface area (Å²) in [6, 6.07) is 7.95. The van der Waals surface area contributed by atoms with E-state index in [0.717, 1.165) is 4.88 Å². The molecule has 3 nitrogen and oxygen atoms in total. The van der Waals surface area contributed by atoms with Crippen LogP contribution in [0.15, 0.2) is 35.0 Å². The Balaban J connectivity index is 0.000000224. The van der Waals surface area contributed by atoms with Crippen molar-refractivity contribution < 1.29 is 14.6 Å². The smallest absolute Gasteiger partial charge is 0.316 e. The van der Waals surface area contributed by atoms with E-state index in [1.165, 1.54) is 12.0 Å². The zero-order valence-corrected chi connectivity index (χ0v) is 15.4. The van der Waals surface area contributed by atoms with Crippen LogP contribution in [0.4, 0.5) is 0 Å². The SMILES string of the molecule is CC(C)(CO)c1cccs1.COC(=O)C(C)(C)c1cccs1. The van der Waals surface area contributed by atoms with Gasteiger partial charge < -0.3 is 9.84 Å². The molecule has 0 aliphatic carbocycles. The molecule has 0 spiro atoms. The van der Waals surface area contributed by atoms with E-state index in [-0.39, 0.29) is 18.0 Å². The normalized spacial score (nSPS) is 11.5. The second-order valence-corrected chi connectivity index (χ2v) is 8.01. The van der Waals surface area contributed by atoms with E-state index in [9.17, 15) is 4.79 Å². The molecule has 2 heterocycles. The van der Waals surface area contributed by atoms with Gasteiger partial charge in [-0.05, 0) is 36.7 Å². The number of hydrogen-bond donors (Lipinski definition) is 1. The number of aliphatic hydroxyl groups is 1. The number of aliphatic hydroxyl groups excluding tert-OH is 1. The molecular weight excluding hydrogens is 316 g/mol. The van der Waals surface area contributed by atoms with Crippen molar-refractivity contribution in [1.29, 1.82) is 0 Å². The van der Waals surface area contributed by atoms with Crippen LogP contribution in [0.2, 0.25) is 0 Å². The summed E-state index contributed by atoms with van der Waals surface area (Å²) in [6.45, 7) is 8.03. The van der Waals surface area contributed by atoms with Crippen LogP contribution in [-0.4, -0.2) is 24.8 Å². The standard InChI is InChI=1S/C9H12O2S.C8H12OS/c1-9(2,8(10)11-3)7-5-4-6-12-7;1-8(2,6-9)7-4-3-5-10-7/h4-6H,1-3H3;3-5,9H,6H2,1-2H3. The Morgan fingerprint density at radius 3 is 1.95 bits per heavy atom. The Labute approximate surface area is 140 Å². The molecule has 0 unspecified atom stereocenters. The van der Waals surface area contributed by atoms with Crippen LogP contribution in [0.5, 0.6) is 0 Å². The molecule has 0 saturated heterocycles. The van der Waals surface area contributed by atoms with Gasteiger partial charge in [-0.3, -0.25) is 4.79 Å². The zero-order valence-electron chi connectivity index (χ0n) is 13.8. The van der Waals surface area contributed by atoms with Crippen molar-refractivity contribution in [3.05, 3.63) is 44.8 Å². The molecule has 0 atom stereocenters. The van der Waals surface area contributed by atoms with Crippen LogP contribution in [-0.2, 0) is 20.4 Å². The van der Waals surface area contributed by atoms with Crippen molar-refractivity contribution in [2.24, 2.45) is 0 Å². The molecule has 0 aromatic carbocycles. The Kier molecular flexibility index (Phi) is 6.78. The summed E-state index contributed by atoms with van der Waals surface area (Å²) in [6.07, 6.45) is 0. The van der Waals surface area contributed by atoms with Crippen molar-refractivity contribution in [2.45, 2.75) is 38.5 Å². The molecule has 2 aromatic rings. The summed E-state index contributed by atoms with van der Waals surface area (Å²) in [5, 5.41) is 13.0. The first-order valence-corrected chi connectivity index (χ1v) is 8.79. The number of hydrogen-bond acceptors (Lipinski definition) is 5. The number of ether oxygens (including phenoxy) is 1. The van der Waals surface area contributed by atoms with Gasteiger partial charge in [-0.1, -0.05) is 26.0 Å². The summed E-state index contributed by atoms with van der Waals surface area (Å²) in [7, 11) is 1.41. The Bertz CT molecular complexity index is 555. The molecule has 0 aliphatic heterocycles. The lowest BCUT2D eigenvalue weighted by Crippen LogP contribution is -2.29. The molecule has 2 rings (SSSR count). The lowest BCUT2D eigenvalue weighted by molar-refractivity contribution is -0.146. The van der Waals surface area contributed by atoms with Crippen molar-refractivity contribution in [2.75, 3.05) is 13.7 Å². The number of rotatable bonds is 4. The highest BCUT2D eigenvalue weighted by molar-refractivity contribution is 7.10. The summed E-state index contributed by atoms with van der Waals surface area (Å²) in [5.41, 5.74) is -0.572. The zero-order chi connectivity index (χ0) is 16.8. The fourth-order valence-electron chi connectivity index (χ4n) is 1.73. The van der Waals surface area contributed by atoms with Crippen LogP contribution in [0, 0.1) is 0 Å². The van der Waals surface area contributed by atoms with E-state index >= 15 is 0 Å². The van der Waals surface area contributed by atoms with Gasteiger partial charge in [-0.25, -0.2) is 0 Å². The third-order valence-corrected chi connectivity index (χ3v) is 5.85. The molecule has 0 bridgehead atoms. The van der Waals surface area contributed by atoms with Gasteiger partial charge in [0.15, 0.2) is 0 Å². The Morgan fingerprint density at radius 1 is 1.09 bits per heavy atom. The summed E-state index contributed by atoms with van der Waals surface area (Å²) >= 11 is 3.27. The quantitative estimate of drug-likeness (QED) is 0.848. The van der Waals surface area contributed by atoms with Crippen molar-refractivity contribution in [3.8, 4) is 0 Å². The first-order chi connectivity index (χ1) is 10.3. The van der Waals surface area contributed by atoms with Gasteiger partial charge in [0.25, 0.3) is 0 Å². The van der Waals surface area contributed by atoms with Crippen LogP contribution in [0.1, 0.15) is 37.4 Å². The number of carbonyl (C=O) groups is 1. The highest BCUT2D eigenvalue weighted by Crippen LogP contribution is 2.28. The molecule has 0 radical (unpaired) electrons. The fraction of sp³-hybridized carbons (Fsp3) is 0.471. The topological polar surface area (TPSA) is 46.5 Å². The van der Waals surface area contributed by atoms with Crippen LogP contribution in [0.25, 0.3) is 0 Å². The van der Waals surface area contributed by atoms with Crippen LogP contribution < -0.4 is 0 Å². The number of carbonyl (C=O) groups excluding carboxylic acids is 1. The van der Waals surface area contributed by atoms with Crippen LogP contribution in [0.3, 0.4) is 0 Å². The third-order valence-electron chi connectivity index (χ3n) is 3.42. The molecule has 2 aromatic heterocycles. The monoisotopic (exact) mass is 340 g/mol. The second-order valence-electron chi connectivity index (χ2n) is 6.11. The van der Waals surface area contributed by atoms with Gasteiger partial charge in [0.05, 0.1) is 19.1 Å². The predicted molar refractivity (Wildman–Crippen MR) is 93.8 cm³/mol. The van der Waals surface area contributed by atoms with E-state index in [2.05, 4.69) is 6.07 Å². The first kappa shape index (κ1) is 18.9. The second kappa shape index (κ2) is 7.90. The summed E-state index contributed by atoms with van der Waals surface area (Å²) in [5.74, 6) is -0.190. The number of esters is 1. The van der Waals surface area contributed by atoms with Gasteiger partial charge in [-0.2, -0.15) is 0 Å². The van der Waals surface area contributed by atoms with E-state index in [1.54, 1.807) is 22.7 Å². The molecule has 22 heavy (non-hydrogen) atoms. The number of methoxy groups -OCH3 is 1. The minimum atomic E-state index is -0.511. The van der Waals surface area contributed by atoms with Gasteiger partial charge in [0.1, 0.15) is 0 Å². The van der Waals surface area contributed by atoms with E-state index < -0.39 is 5.41 Å².